The van der Waals surface area contributed by atoms with Crippen LogP contribution in [0.1, 0.15) is 37.7 Å². The van der Waals surface area contributed by atoms with Crippen molar-refractivity contribution in [3.63, 3.8) is 0 Å². The highest BCUT2D eigenvalue weighted by molar-refractivity contribution is 6.08. The summed E-state index contributed by atoms with van der Waals surface area (Å²) in [6, 6.07) is 0.488. The van der Waals surface area contributed by atoms with E-state index in [1.54, 1.807) is 0 Å². The van der Waals surface area contributed by atoms with Crippen molar-refractivity contribution in [2.45, 2.75) is 43.9 Å². The lowest BCUT2D eigenvalue weighted by molar-refractivity contribution is -0.393. The van der Waals surface area contributed by atoms with Crippen molar-refractivity contribution in [2.24, 2.45) is 21.5 Å². The molecule has 1 saturated carbocycles. The number of rotatable bonds is 3. The number of hydrogen-bond donors (Lipinski definition) is 2. The molecule has 0 unspecified atom stereocenters. The van der Waals surface area contributed by atoms with Gasteiger partial charge in [-0.1, -0.05) is 6.42 Å². The first-order valence-corrected chi connectivity index (χ1v) is 8.50. The molecule has 0 amide bonds. The van der Waals surface area contributed by atoms with Gasteiger partial charge < -0.3 is 11.5 Å². The smallest absolute Gasteiger partial charge is 0.369 e. The van der Waals surface area contributed by atoms with Crippen molar-refractivity contribution in [3.05, 3.63) is 37.9 Å². The van der Waals surface area contributed by atoms with Gasteiger partial charge in [-0.2, -0.15) is 18.2 Å². The Morgan fingerprint density at radius 1 is 1.03 bits per heavy atom. The normalized spacial score (nSPS) is 18.9. The van der Waals surface area contributed by atoms with Gasteiger partial charge in [0.15, 0.2) is 0 Å². The van der Waals surface area contributed by atoms with Gasteiger partial charge in [0, 0.05) is 12.1 Å². The van der Waals surface area contributed by atoms with E-state index in [9.17, 15) is 33.4 Å². The zero-order chi connectivity index (χ0) is 21.6. The first-order chi connectivity index (χ1) is 13.5. The SMILES string of the molecule is NC1=NC2(CCCCC2)N(c2c([N+](=O)[O-])cc(C(F)(F)F)cc2[N+](=O)[O-])C(N)=N1. The molecule has 1 aromatic carbocycles. The van der Waals surface area contributed by atoms with Crippen molar-refractivity contribution in [1.82, 2.24) is 0 Å². The maximum Gasteiger partial charge on any atom is 0.416 e. The molecule has 0 atom stereocenters. The molecule has 4 N–H and O–H groups in total. The lowest BCUT2D eigenvalue weighted by Crippen LogP contribution is -2.58. The Morgan fingerprint density at radius 3 is 2.00 bits per heavy atom. The van der Waals surface area contributed by atoms with E-state index in [1.807, 2.05) is 0 Å². The average Bonchev–Trinajstić information content (AvgIpc) is 2.60. The number of benzene rings is 1. The number of guanidine groups is 2. The number of alkyl halides is 3. The van der Waals surface area contributed by atoms with E-state index in [0.29, 0.717) is 25.7 Å². The van der Waals surface area contributed by atoms with Crippen LogP contribution < -0.4 is 16.4 Å². The third kappa shape index (κ3) is 3.52. The molecule has 0 saturated heterocycles. The monoisotopic (exact) mass is 415 g/mol. The second kappa shape index (κ2) is 6.86. The van der Waals surface area contributed by atoms with Crippen molar-refractivity contribution < 1.29 is 23.0 Å². The zero-order valence-electron chi connectivity index (χ0n) is 14.8. The molecule has 0 radical (unpaired) electrons. The van der Waals surface area contributed by atoms with E-state index >= 15 is 0 Å². The predicted molar refractivity (Wildman–Crippen MR) is 96.3 cm³/mol. The van der Waals surface area contributed by atoms with E-state index in [2.05, 4.69) is 9.98 Å². The van der Waals surface area contributed by atoms with Crippen LogP contribution in [-0.4, -0.2) is 27.4 Å². The molecule has 1 heterocycles. The van der Waals surface area contributed by atoms with E-state index in [0.717, 1.165) is 11.3 Å². The highest BCUT2D eigenvalue weighted by Gasteiger charge is 2.49. The minimum atomic E-state index is -5.03. The van der Waals surface area contributed by atoms with Gasteiger partial charge in [-0.15, -0.1) is 0 Å². The van der Waals surface area contributed by atoms with E-state index in [4.69, 9.17) is 11.5 Å². The number of nitro benzene ring substituents is 2. The van der Waals surface area contributed by atoms with E-state index < -0.39 is 50.3 Å². The van der Waals surface area contributed by atoms with Gasteiger partial charge in [-0.3, -0.25) is 25.1 Å². The summed E-state index contributed by atoms with van der Waals surface area (Å²) in [5.41, 5.74) is 5.84. The average molecular weight is 415 g/mol. The number of anilines is 1. The molecular weight excluding hydrogens is 399 g/mol. The summed E-state index contributed by atoms with van der Waals surface area (Å²) in [5.74, 6) is -0.622. The summed E-state index contributed by atoms with van der Waals surface area (Å²) < 4.78 is 39.5. The predicted octanol–water partition coefficient (Wildman–Crippen LogP) is 2.63. The molecule has 1 fully saturated rings. The molecule has 0 aromatic heterocycles. The fraction of sp³-hybridized carbons (Fsp3) is 0.467. The minimum absolute atomic E-state index is 0.210. The van der Waals surface area contributed by atoms with Crippen LogP contribution >= 0.6 is 0 Å². The molecular formula is C15H16F3N7O4. The fourth-order valence-electron chi connectivity index (χ4n) is 3.72. The topological polar surface area (TPSA) is 166 Å². The van der Waals surface area contributed by atoms with Gasteiger partial charge >= 0.3 is 17.6 Å². The standard InChI is InChI=1S/C15H16F3N7O4/c16-15(17,18)8-6-9(24(26)27)11(10(7-8)25(28)29)23-13(20)21-12(19)22-14(23)4-2-1-3-5-14/h6-7H,1-5H2,(H4,19,20,21,22). The van der Waals surface area contributed by atoms with Crippen LogP contribution in [0.5, 0.6) is 0 Å². The van der Waals surface area contributed by atoms with Crippen molar-refractivity contribution in [1.29, 1.82) is 0 Å². The van der Waals surface area contributed by atoms with Crippen LogP contribution in [0.2, 0.25) is 0 Å². The Morgan fingerprint density at radius 2 is 1.55 bits per heavy atom. The van der Waals surface area contributed by atoms with Crippen LogP contribution in [0, 0.1) is 20.2 Å². The summed E-state index contributed by atoms with van der Waals surface area (Å²) in [7, 11) is 0. The largest absolute Gasteiger partial charge is 0.416 e. The van der Waals surface area contributed by atoms with Gasteiger partial charge in [-0.05, 0) is 25.7 Å². The lowest BCUT2D eigenvalue weighted by atomic mass is 9.87. The van der Waals surface area contributed by atoms with Gasteiger partial charge in [0.25, 0.3) is 0 Å². The molecule has 11 nitrogen and oxygen atoms in total. The van der Waals surface area contributed by atoms with Crippen molar-refractivity contribution in [3.8, 4) is 0 Å². The highest BCUT2D eigenvalue weighted by atomic mass is 19.4. The number of halogens is 3. The fourth-order valence-corrected chi connectivity index (χ4v) is 3.72. The Balaban J connectivity index is 2.34. The van der Waals surface area contributed by atoms with Crippen LogP contribution in [0.3, 0.4) is 0 Å². The van der Waals surface area contributed by atoms with E-state index in [1.165, 1.54) is 0 Å². The summed E-state index contributed by atoms with van der Waals surface area (Å²) >= 11 is 0. The highest BCUT2D eigenvalue weighted by Crippen LogP contribution is 2.48. The van der Waals surface area contributed by atoms with E-state index in [-0.39, 0.29) is 18.1 Å². The molecule has 3 rings (SSSR count). The van der Waals surface area contributed by atoms with Crippen LogP contribution in [0.25, 0.3) is 0 Å². The molecule has 1 aromatic rings. The number of nitrogens with zero attached hydrogens (tertiary/aromatic N) is 5. The molecule has 14 heteroatoms. The quantitative estimate of drug-likeness (QED) is 0.565. The molecule has 1 spiro atoms. The lowest BCUT2D eigenvalue weighted by Gasteiger charge is -2.44. The molecule has 156 valence electrons. The Hall–Kier alpha value is -3.45. The molecule has 1 aliphatic carbocycles. The van der Waals surface area contributed by atoms with Crippen LogP contribution in [0.15, 0.2) is 22.1 Å². The molecule has 2 aliphatic rings. The van der Waals surface area contributed by atoms with Gasteiger partial charge in [0.2, 0.25) is 17.6 Å². The minimum Gasteiger partial charge on any atom is -0.369 e. The summed E-state index contributed by atoms with van der Waals surface area (Å²) in [5, 5.41) is 23.2. The first kappa shape index (κ1) is 20.3. The molecule has 1 aliphatic heterocycles. The summed E-state index contributed by atoms with van der Waals surface area (Å²) in [4.78, 5) is 29.9. The second-order valence-corrected chi connectivity index (χ2v) is 6.69. The first-order valence-electron chi connectivity index (χ1n) is 8.50. The number of nitrogens with two attached hydrogens (primary N) is 2. The van der Waals surface area contributed by atoms with Gasteiger partial charge in [0.05, 0.1) is 15.4 Å². The van der Waals surface area contributed by atoms with Crippen molar-refractivity contribution >= 4 is 29.0 Å². The third-order valence-corrected chi connectivity index (χ3v) is 4.87. The number of aliphatic imine (C=N–C) groups is 2. The Labute approximate surface area is 161 Å². The van der Waals surface area contributed by atoms with Crippen LogP contribution in [-0.2, 0) is 6.18 Å². The summed E-state index contributed by atoms with van der Waals surface area (Å²) in [6.07, 6.45) is -2.40. The van der Waals surface area contributed by atoms with Gasteiger partial charge in [-0.25, -0.2) is 4.99 Å². The van der Waals surface area contributed by atoms with Gasteiger partial charge in [0.1, 0.15) is 5.66 Å². The second-order valence-electron chi connectivity index (χ2n) is 6.69. The molecule has 29 heavy (non-hydrogen) atoms. The molecule has 0 bridgehead atoms. The maximum absolute atomic E-state index is 13.2. The maximum atomic E-state index is 13.2. The van der Waals surface area contributed by atoms with Crippen molar-refractivity contribution in [2.75, 3.05) is 4.90 Å². The zero-order valence-corrected chi connectivity index (χ0v) is 14.8. The number of nitro groups is 2. The summed E-state index contributed by atoms with van der Waals surface area (Å²) in [6.45, 7) is 0. The Bertz CT molecular complexity index is 903. The third-order valence-electron chi connectivity index (χ3n) is 4.87. The number of hydrogen-bond acceptors (Lipinski definition) is 9. The Kier molecular flexibility index (Phi) is 4.80. The van der Waals surface area contributed by atoms with Crippen LogP contribution in [0.4, 0.5) is 30.2 Å².